The summed E-state index contributed by atoms with van der Waals surface area (Å²) in [7, 11) is 0. The van der Waals surface area contributed by atoms with Gasteiger partial charge >= 0.3 is 0 Å². The van der Waals surface area contributed by atoms with Crippen molar-refractivity contribution in [1.29, 1.82) is 0 Å². The van der Waals surface area contributed by atoms with Gasteiger partial charge in [0.25, 0.3) is 0 Å². The fourth-order valence-corrected chi connectivity index (χ4v) is 3.40. The summed E-state index contributed by atoms with van der Waals surface area (Å²) in [5.41, 5.74) is 3.86. The van der Waals surface area contributed by atoms with Gasteiger partial charge in [0.1, 0.15) is 0 Å². The van der Waals surface area contributed by atoms with E-state index in [9.17, 15) is 0 Å². The van der Waals surface area contributed by atoms with Gasteiger partial charge in [-0.05, 0) is 55.3 Å². The molecular formula is C21H24N2S. The highest BCUT2D eigenvalue weighted by molar-refractivity contribution is 7.98. The van der Waals surface area contributed by atoms with Gasteiger partial charge in [-0.25, -0.2) is 0 Å². The Labute approximate surface area is 149 Å². The third kappa shape index (κ3) is 3.68. The molecule has 0 amide bonds. The Morgan fingerprint density at radius 2 is 1.83 bits per heavy atom. The van der Waals surface area contributed by atoms with Crippen molar-refractivity contribution in [1.82, 2.24) is 4.90 Å². The average molecular weight is 337 g/mol. The number of hydrogen-bond acceptors (Lipinski definition) is 3. The number of nitrogens with zero attached hydrogens (tertiary/aromatic N) is 2. The van der Waals surface area contributed by atoms with Crippen molar-refractivity contribution in [2.24, 2.45) is 0 Å². The van der Waals surface area contributed by atoms with E-state index in [1.165, 1.54) is 21.7 Å². The summed E-state index contributed by atoms with van der Waals surface area (Å²) in [4.78, 5) is 6.01. The number of benzene rings is 2. The highest BCUT2D eigenvalue weighted by Crippen LogP contribution is 2.32. The largest absolute Gasteiger partial charge is 0.357 e. The van der Waals surface area contributed by atoms with Crippen molar-refractivity contribution >= 4 is 17.4 Å². The van der Waals surface area contributed by atoms with Crippen LogP contribution in [0.15, 0.2) is 78.4 Å². The molecule has 1 aliphatic heterocycles. The van der Waals surface area contributed by atoms with Gasteiger partial charge in [-0.3, -0.25) is 0 Å². The third-order valence-corrected chi connectivity index (χ3v) is 5.08. The smallest absolute Gasteiger partial charge is 0.0910 e. The lowest BCUT2D eigenvalue weighted by Gasteiger charge is -2.40. The molecule has 0 aromatic heterocycles. The number of rotatable bonds is 5. The molecule has 0 bridgehead atoms. The molecule has 0 aliphatic carbocycles. The molecule has 1 heterocycles. The molecule has 0 N–H and O–H groups in total. The molecule has 0 saturated heterocycles. The standard InChI is InChI=1S/C21H24N2S/c1-4-14-22-15-13-21(18-7-5-17(2)6-8-18)23(16-22)19-9-11-20(24-3)12-10-19/h4-13,15,21H,1,14,16H2,2-3H3. The molecule has 3 rings (SSSR count). The summed E-state index contributed by atoms with van der Waals surface area (Å²) >= 11 is 1.78. The van der Waals surface area contributed by atoms with Crippen LogP contribution < -0.4 is 4.90 Å². The molecule has 2 nitrogen and oxygen atoms in total. The van der Waals surface area contributed by atoms with Gasteiger partial charge < -0.3 is 9.80 Å². The van der Waals surface area contributed by atoms with Gasteiger partial charge in [0.2, 0.25) is 0 Å². The maximum absolute atomic E-state index is 3.87. The van der Waals surface area contributed by atoms with Crippen molar-refractivity contribution in [3.8, 4) is 0 Å². The van der Waals surface area contributed by atoms with Gasteiger partial charge in [-0.1, -0.05) is 35.9 Å². The number of anilines is 1. The Morgan fingerprint density at radius 1 is 1.12 bits per heavy atom. The minimum Gasteiger partial charge on any atom is -0.357 e. The second kappa shape index (κ2) is 7.63. The van der Waals surface area contributed by atoms with E-state index in [1.807, 2.05) is 6.08 Å². The van der Waals surface area contributed by atoms with Crippen LogP contribution in [0.2, 0.25) is 0 Å². The number of aryl methyl sites for hydroxylation is 1. The SMILES string of the molecule is C=CCN1C=CC(c2ccc(C)cc2)N(c2ccc(SC)cc2)C1. The van der Waals surface area contributed by atoms with Crippen LogP contribution in [-0.2, 0) is 0 Å². The minimum atomic E-state index is 0.256. The molecule has 0 spiro atoms. The molecule has 0 saturated carbocycles. The van der Waals surface area contributed by atoms with Crippen molar-refractivity contribution < 1.29 is 0 Å². The van der Waals surface area contributed by atoms with Gasteiger partial charge in [0.05, 0.1) is 12.7 Å². The Kier molecular flexibility index (Phi) is 5.31. The van der Waals surface area contributed by atoms with E-state index >= 15 is 0 Å². The fourth-order valence-electron chi connectivity index (χ4n) is 2.99. The van der Waals surface area contributed by atoms with Crippen LogP contribution in [0.3, 0.4) is 0 Å². The summed E-state index contributed by atoms with van der Waals surface area (Å²) in [6, 6.07) is 17.9. The van der Waals surface area contributed by atoms with E-state index in [2.05, 4.69) is 90.4 Å². The average Bonchev–Trinajstić information content (AvgIpc) is 2.63. The van der Waals surface area contributed by atoms with Crippen LogP contribution in [0.25, 0.3) is 0 Å². The minimum absolute atomic E-state index is 0.256. The monoisotopic (exact) mass is 336 g/mol. The first-order valence-electron chi connectivity index (χ1n) is 8.22. The molecule has 1 aliphatic rings. The Morgan fingerprint density at radius 3 is 2.46 bits per heavy atom. The predicted molar refractivity (Wildman–Crippen MR) is 106 cm³/mol. The summed E-state index contributed by atoms with van der Waals surface area (Å²) < 4.78 is 0. The van der Waals surface area contributed by atoms with Gasteiger partial charge in [0.15, 0.2) is 0 Å². The predicted octanol–water partition coefficient (Wildman–Crippen LogP) is 5.24. The first-order chi connectivity index (χ1) is 11.7. The molecule has 1 unspecified atom stereocenters. The van der Waals surface area contributed by atoms with Gasteiger partial charge in [-0.15, -0.1) is 18.3 Å². The molecular weight excluding hydrogens is 312 g/mol. The van der Waals surface area contributed by atoms with Crippen molar-refractivity contribution in [3.63, 3.8) is 0 Å². The van der Waals surface area contributed by atoms with Crippen LogP contribution >= 0.6 is 11.8 Å². The Hall–Kier alpha value is -2.13. The summed E-state index contributed by atoms with van der Waals surface area (Å²) in [6.07, 6.45) is 8.53. The zero-order valence-corrected chi connectivity index (χ0v) is 15.2. The second-order valence-electron chi connectivity index (χ2n) is 6.07. The first kappa shape index (κ1) is 16.7. The van der Waals surface area contributed by atoms with E-state index in [0.29, 0.717) is 0 Å². The van der Waals surface area contributed by atoms with Crippen LogP contribution in [0.5, 0.6) is 0 Å². The molecule has 124 valence electrons. The summed E-state index contributed by atoms with van der Waals surface area (Å²) in [5, 5.41) is 0. The van der Waals surface area contributed by atoms with E-state index in [1.54, 1.807) is 11.8 Å². The Bertz CT molecular complexity index is 704. The maximum Gasteiger partial charge on any atom is 0.0910 e. The zero-order chi connectivity index (χ0) is 16.9. The number of thioether (sulfide) groups is 1. The molecule has 1 atom stereocenters. The molecule has 2 aromatic carbocycles. The third-order valence-electron chi connectivity index (χ3n) is 4.34. The zero-order valence-electron chi connectivity index (χ0n) is 14.4. The molecule has 3 heteroatoms. The summed E-state index contributed by atoms with van der Waals surface area (Å²) in [6.45, 7) is 7.71. The lowest BCUT2D eigenvalue weighted by molar-refractivity contribution is 0.376. The lowest BCUT2D eigenvalue weighted by Crippen LogP contribution is -2.40. The molecule has 2 aromatic rings. The van der Waals surface area contributed by atoms with Crippen molar-refractivity contribution in [2.75, 3.05) is 24.4 Å². The van der Waals surface area contributed by atoms with E-state index < -0.39 is 0 Å². The molecule has 0 radical (unpaired) electrons. The summed E-state index contributed by atoms with van der Waals surface area (Å²) in [5.74, 6) is 0. The first-order valence-corrected chi connectivity index (χ1v) is 9.44. The lowest BCUT2D eigenvalue weighted by atomic mass is 10.0. The molecule has 0 fully saturated rings. The maximum atomic E-state index is 3.87. The van der Waals surface area contributed by atoms with Gasteiger partial charge in [-0.2, -0.15) is 0 Å². The molecule has 24 heavy (non-hydrogen) atoms. The van der Waals surface area contributed by atoms with Crippen LogP contribution in [0, 0.1) is 6.92 Å². The van der Waals surface area contributed by atoms with Crippen LogP contribution in [0.4, 0.5) is 5.69 Å². The van der Waals surface area contributed by atoms with E-state index in [-0.39, 0.29) is 6.04 Å². The number of hydrogen-bond donors (Lipinski definition) is 0. The van der Waals surface area contributed by atoms with Crippen molar-refractivity contribution in [3.05, 3.63) is 84.6 Å². The fraction of sp³-hybridized carbons (Fsp3) is 0.238. The topological polar surface area (TPSA) is 6.48 Å². The van der Waals surface area contributed by atoms with Crippen LogP contribution in [0.1, 0.15) is 17.2 Å². The van der Waals surface area contributed by atoms with Crippen LogP contribution in [-0.4, -0.2) is 24.4 Å². The Balaban J connectivity index is 1.94. The normalized spacial score (nSPS) is 17.2. The highest BCUT2D eigenvalue weighted by Gasteiger charge is 2.23. The van der Waals surface area contributed by atoms with E-state index in [0.717, 1.165) is 13.2 Å². The quantitative estimate of drug-likeness (QED) is 0.545. The second-order valence-corrected chi connectivity index (χ2v) is 6.95. The van der Waals surface area contributed by atoms with Gasteiger partial charge in [0, 0.05) is 17.1 Å². The van der Waals surface area contributed by atoms with Crippen molar-refractivity contribution in [2.45, 2.75) is 17.9 Å². The highest BCUT2D eigenvalue weighted by atomic mass is 32.2. The van der Waals surface area contributed by atoms with E-state index in [4.69, 9.17) is 0 Å².